The van der Waals surface area contributed by atoms with Gasteiger partial charge in [0, 0.05) is 12.0 Å². The summed E-state index contributed by atoms with van der Waals surface area (Å²) in [6.45, 7) is 8.81. The van der Waals surface area contributed by atoms with E-state index in [1.165, 1.54) is 0 Å². The Bertz CT molecular complexity index is 1110. The first-order valence-corrected chi connectivity index (χ1v) is 11.8. The second kappa shape index (κ2) is 12.2. The summed E-state index contributed by atoms with van der Waals surface area (Å²) in [7, 11) is 0. The van der Waals surface area contributed by atoms with Gasteiger partial charge in [-0.05, 0) is 70.4 Å². The van der Waals surface area contributed by atoms with Crippen LogP contribution in [0.25, 0.3) is 11.5 Å². The van der Waals surface area contributed by atoms with Gasteiger partial charge in [-0.15, -0.1) is 0 Å². The molecule has 0 aliphatic heterocycles. The molecule has 0 aliphatic rings. The van der Waals surface area contributed by atoms with E-state index < -0.39 is 0 Å². The topological polar surface area (TPSA) is 78.6 Å². The molecule has 0 saturated carbocycles. The Morgan fingerprint density at radius 2 is 1.62 bits per heavy atom. The van der Waals surface area contributed by atoms with E-state index in [1.54, 1.807) is 6.92 Å². The molecular weight excluding hydrogens is 430 g/mol. The predicted molar refractivity (Wildman–Crippen MR) is 131 cm³/mol. The molecule has 0 N–H and O–H groups in total. The van der Waals surface area contributed by atoms with Crippen LogP contribution in [0, 0.1) is 13.8 Å². The van der Waals surface area contributed by atoms with Gasteiger partial charge >= 0.3 is 0 Å². The molecule has 0 aliphatic carbocycles. The van der Waals surface area contributed by atoms with Crippen LogP contribution in [0.15, 0.2) is 46.9 Å². The summed E-state index contributed by atoms with van der Waals surface area (Å²) in [6, 6.07) is 13.7. The van der Waals surface area contributed by atoms with Gasteiger partial charge in [-0.25, -0.2) is 4.98 Å². The minimum Gasteiger partial charge on any atom is -0.490 e. The first kappa shape index (κ1) is 25.2. The summed E-state index contributed by atoms with van der Waals surface area (Å²) < 4.78 is 17.0. The van der Waals surface area contributed by atoms with E-state index in [9.17, 15) is 9.59 Å². The van der Waals surface area contributed by atoms with Crippen molar-refractivity contribution < 1.29 is 23.5 Å². The van der Waals surface area contributed by atoms with Gasteiger partial charge in [-0.2, -0.15) is 0 Å². The number of ketones is 2. The lowest BCUT2D eigenvalue weighted by Crippen LogP contribution is -2.11. The zero-order valence-electron chi connectivity index (χ0n) is 20.5. The molecule has 0 fully saturated rings. The van der Waals surface area contributed by atoms with Crippen molar-refractivity contribution in [1.29, 1.82) is 0 Å². The highest BCUT2D eigenvalue weighted by Crippen LogP contribution is 2.29. The van der Waals surface area contributed by atoms with Gasteiger partial charge < -0.3 is 13.9 Å². The molecular formula is C28H33NO5. The Morgan fingerprint density at radius 1 is 0.912 bits per heavy atom. The number of rotatable bonds is 13. The van der Waals surface area contributed by atoms with Crippen LogP contribution in [0.2, 0.25) is 0 Å². The van der Waals surface area contributed by atoms with Gasteiger partial charge in [0.25, 0.3) is 0 Å². The molecule has 1 aromatic heterocycles. The maximum atomic E-state index is 12.5. The van der Waals surface area contributed by atoms with Crippen LogP contribution in [-0.4, -0.2) is 29.8 Å². The lowest BCUT2D eigenvalue weighted by Gasteiger charge is -2.12. The lowest BCUT2D eigenvalue weighted by atomic mass is 10.0. The standard InChI is InChI=1S/C28H33NO5/c1-5-32-26-15-12-21(16-27(26)33-6-2)8-7-9-23(30)17-24(31)18-25-20(4)34-28(29-25)22-13-10-19(3)11-14-22/h10-16H,5-9,17-18H2,1-4H3. The normalized spacial score (nSPS) is 10.8. The fourth-order valence-electron chi connectivity index (χ4n) is 3.71. The number of ether oxygens (including phenoxy) is 2. The average Bonchev–Trinajstić information content (AvgIpc) is 3.16. The number of aryl methyl sites for hydroxylation is 3. The molecule has 0 spiro atoms. The summed E-state index contributed by atoms with van der Waals surface area (Å²) in [5, 5.41) is 0. The molecule has 0 amide bonds. The van der Waals surface area contributed by atoms with Crippen molar-refractivity contribution in [2.24, 2.45) is 0 Å². The molecule has 0 bridgehead atoms. The molecule has 0 atom stereocenters. The smallest absolute Gasteiger partial charge is 0.226 e. The van der Waals surface area contributed by atoms with Crippen LogP contribution in [-0.2, 0) is 22.4 Å². The van der Waals surface area contributed by atoms with Gasteiger partial charge in [0.2, 0.25) is 5.89 Å². The highest BCUT2D eigenvalue weighted by molar-refractivity contribution is 5.99. The minimum atomic E-state index is -0.142. The van der Waals surface area contributed by atoms with E-state index in [1.807, 2.05) is 63.2 Å². The molecule has 180 valence electrons. The van der Waals surface area contributed by atoms with Crippen molar-refractivity contribution in [1.82, 2.24) is 4.98 Å². The maximum absolute atomic E-state index is 12.5. The number of hydrogen-bond acceptors (Lipinski definition) is 6. The van der Waals surface area contributed by atoms with Gasteiger partial charge in [-0.1, -0.05) is 23.8 Å². The molecule has 0 radical (unpaired) electrons. The van der Waals surface area contributed by atoms with E-state index in [2.05, 4.69) is 4.98 Å². The molecule has 1 heterocycles. The van der Waals surface area contributed by atoms with E-state index >= 15 is 0 Å². The van der Waals surface area contributed by atoms with Crippen molar-refractivity contribution in [3.05, 3.63) is 65.0 Å². The van der Waals surface area contributed by atoms with Crippen molar-refractivity contribution in [2.45, 2.75) is 59.8 Å². The third-order valence-corrected chi connectivity index (χ3v) is 5.48. The van der Waals surface area contributed by atoms with Crippen molar-refractivity contribution in [3.8, 4) is 23.0 Å². The summed E-state index contributed by atoms with van der Waals surface area (Å²) in [5.41, 5.74) is 3.68. The monoisotopic (exact) mass is 463 g/mol. The Labute approximate surface area is 201 Å². The number of benzene rings is 2. The Kier molecular flexibility index (Phi) is 9.02. The Morgan fingerprint density at radius 3 is 2.32 bits per heavy atom. The molecule has 34 heavy (non-hydrogen) atoms. The number of nitrogens with zero attached hydrogens (tertiary/aromatic N) is 1. The Hall–Kier alpha value is -3.41. The molecule has 6 heteroatoms. The van der Waals surface area contributed by atoms with Gasteiger partial charge in [0.05, 0.1) is 31.7 Å². The van der Waals surface area contributed by atoms with Crippen LogP contribution in [0.4, 0.5) is 0 Å². The summed E-state index contributed by atoms with van der Waals surface area (Å²) in [5.74, 6) is 2.35. The second-order valence-corrected chi connectivity index (χ2v) is 8.32. The molecule has 3 rings (SSSR count). The van der Waals surface area contributed by atoms with Crippen LogP contribution in [0.5, 0.6) is 11.5 Å². The zero-order valence-corrected chi connectivity index (χ0v) is 20.5. The molecule has 3 aromatic rings. The van der Waals surface area contributed by atoms with Crippen LogP contribution < -0.4 is 9.47 Å². The van der Waals surface area contributed by atoms with Crippen LogP contribution in [0.3, 0.4) is 0 Å². The quantitative estimate of drug-likeness (QED) is 0.296. The third kappa shape index (κ3) is 7.04. The summed E-state index contributed by atoms with van der Waals surface area (Å²) in [4.78, 5) is 29.3. The fourth-order valence-corrected chi connectivity index (χ4v) is 3.71. The molecule has 6 nitrogen and oxygen atoms in total. The lowest BCUT2D eigenvalue weighted by molar-refractivity contribution is -0.126. The highest BCUT2D eigenvalue weighted by Gasteiger charge is 2.17. The average molecular weight is 464 g/mol. The largest absolute Gasteiger partial charge is 0.490 e. The second-order valence-electron chi connectivity index (χ2n) is 8.32. The number of Topliss-reactive ketones (excluding diaryl/α,β-unsaturated/α-hetero) is 2. The number of hydrogen-bond donors (Lipinski definition) is 0. The predicted octanol–water partition coefficient (Wildman–Crippen LogP) is 5.85. The number of carbonyl (C=O) groups is 2. The summed E-state index contributed by atoms with van der Waals surface area (Å²) >= 11 is 0. The van der Waals surface area contributed by atoms with Crippen molar-refractivity contribution >= 4 is 11.6 Å². The van der Waals surface area contributed by atoms with E-state index in [0.717, 1.165) is 34.6 Å². The molecule has 0 saturated heterocycles. The number of oxazole rings is 1. The van der Waals surface area contributed by atoms with E-state index in [-0.39, 0.29) is 24.4 Å². The van der Waals surface area contributed by atoms with Gasteiger partial charge in [0.1, 0.15) is 17.3 Å². The van der Waals surface area contributed by atoms with Crippen molar-refractivity contribution in [3.63, 3.8) is 0 Å². The van der Waals surface area contributed by atoms with E-state index in [0.29, 0.717) is 43.4 Å². The molecule has 0 unspecified atom stereocenters. The number of carbonyl (C=O) groups excluding carboxylic acids is 2. The number of aromatic nitrogens is 1. The van der Waals surface area contributed by atoms with Gasteiger partial charge in [0.15, 0.2) is 11.5 Å². The Balaban J connectivity index is 1.49. The van der Waals surface area contributed by atoms with Crippen LogP contribution >= 0.6 is 0 Å². The summed E-state index contributed by atoms with van der Waals surface area (Å²) in [6.07, 6.45) is 1.78. The zero-order chi connectivity index (χ0) is 24.5. The first-order chi connectivity index (χ1) is 16.4. The van der Waals surface area contributed by atoms with Crippen molar-refractivity contribution in [2.75, 3.05) is 13.2 Å². The van der Waals surface area contributed by atoms with E-state index in [4.69, 9.17) is 13.9 Å². The minimum absolute atomic E-state index is 0.0547. The first-order valence-electron chi connectivity index (χ1n) is 11.8. The molecule has 2 aromatic carbocycles. The third-order valence-electron chi connectivity index (χ3n) is 5.48. The SMILES string of the molecule is CCOc1ccc(CCCC(=O)CC(=O)Cc2nc(-c3ccc(C)cc3)oc2C)cc1OCC. The van der Waals surface area contributed by atoms with Gasteiger partial charge in [-0.3, -0.25) is 9.59 Å². The maximum Gasteiger partial charge on any atom is 0.226 e. The highest BCUT2D eigenvalue weighted by atomic mass is 16.5. The van der Waals surface area contributed by atoms with Crippen LogP contribution in [0.1, 0.15) is 55.7 Å². The fraction of sp³-hybridized carbons (Fsp3) is 0.393.